The maximum Gasteiger partial charge on any atom is 0.268 e. The van der Waals surface area contributed by atoms with Gasteiger partial charge in [-0.25, -0.2) is 14.3 Å². The summed E-state index contributed by atoms with van der Waals surface area (Å²) in [6.07, 6.45) is -3.25. The first-order chi connectivity index (χ1) is 16.1. The van der Waals surface area contributed by atoms with E-state index in [1.54, 1.807) is 24.3 Å². The minimum absolute atomic E-state index is 0.0314. The average molecular weight is 468 g/mol. The number of hydrogen-bond donors (Lipinski definition) is 5. The molecule has 8 nitrogen and oxygen atoms in total. The van der Waals surface area contributed by atoms with E-state index in [0.29, 0.717) is 16.8 Å². The quantitative estimate of drug-likeness (QED) is 0.189. The maximum atomic E-state index is 13.7. The number of amides is 3. The third-order valence-corrected chi connectivity index (χ3v) is 4.72. The summed E-state index contributed by atoms with van der Waals surface area (Å²) >= 11 is 0. The van der Waals surface area contributed by atoms with Crippen molar-refractivity contribution in [3.63, 3.8) is 0 Å². The number of carbonyl (C=O) groups excluding carboxylic acids is 3. The fourth-order valence-electron chi connectivity index (χ4n) is 2.92. The minimum Gasteiger partial charge on any atom is -0.398 e. The number of nitrogens with one attached hydrogen (secondary N) is 3. The lowest BCUT2D eigenvalue weighted by atomic mass is 9.91. The molecule has 2 atom stereocenters. The number of alkyl halides is 2. The minimum atomic E-state index is -3.25. The number of hydrogen-bond acceptors (Lipinski definition) is 5. The molecule has 34 heavy (non-hydrogen) atoms. The first kappa shape index (κ1) is 25.8. The molecule has 0 spiro atoms. The molecule has 0 aliphatic carbocycles. The molecule has 3 amide bonds. The van der Waals surface area contributed by atoms with Gasteiger partial charge in [0.15, 0.2) is 0 Å². The van der Waals surface area contributed by atoms with Crippen molar-refractivity contribution in [1.29, 1.82) is 0 Å². The zero-order chi connectivity index (χ0) is 25.3. The van der Waals surface area contributed by atoms with Gasteiger partial charge in [0.2, 0.25) is 5.91 Å². The van der Waals surface area contributed by atoms with Gasteiger partial charge < -0.3 is 16.4 Å². The Morgan fingerprint density at radius 3 is 2.21 bits per heavy atom. The predicted molar refractivity (Wildman–Crippen MR) is 120 cm³/mol. The SMILES string of the molecule is CC(=O)NC(C)(C(F)F)[C@H](NC(=O)c1ccc(C#CC#Cc2ccccc2N)cc1)C(=O)NO. The van der Waals surface area contributed by atoms with Crippen LogP contribution in [-0.4, -0.2) is 40.9 Å². The molecule has 0 fully saturated rings. The third-order valence-electron chi connectivity index (χ3n) is 4.72. The Hall–Kier alpha value is -4.41. The van der Waals surface area contributed by atoms with Crippen molar-refractivity contribution in [2.45, 2.75) is 31.9 Å². The molecule has 0 saturated heterocycles. The van der Waals surface area contributed by atoms with Crippen molar-refractivity contribution in [2.24, 2.45) is 0 Å². The molecule has 176 valence electrons. The van der Waals surface area contributed by atoms with E-state index < -0.39 is 35.7 Å². The third kappa shape index (κ3) is 6.55. The highest BCUT2D eigenvalue weighted by atomic mass is 19.3. The Kier molecular flexibility index (Phi) is 8.71. The van der Waals surface area contributed by atoms with E-state index in [-0.39, 0.29) is 5.56 Å². The van der Waals surface area contributed by atoms with Crippen molar-refractivity contribution >= 4 is 23.4 Å². The van der Waals surface area contributed by atoms with E-state index in [9.17, 15) is 23.2 Å². The summed E-state index contributed by atoms with van der Waals surface area (Å²) < 4.78 is 27.4. The smallest absolute Gasteiger partial charge is 0.268 e. The number of nitrogen functional groups attached to an aromatic ring is 1. The van der Waals surface area contributed by atoms with Crippen LogP contribution in [0.5, 0.6) is 0 Å². The van der Waals surface area contributed by atoms with Crippen molar-refractivity contribution in [1.82, 2.24) is 16.1 Å². The van der Waals surface area contributed by atoms with Gasteiger partial charge in [-0.2, -0.15) is 0 Å². The molecule has 0 aliphatic rings. The van der Waals surface area contributed by atoms with Crippen LogP contribution in [0.25, 0.3) is 0 Å². The zero-order valence-electron chi connectivity index (χ0n) is 18.3. The molecule has 6 N–H and O–H groups in total. The van der Waals surface area contributed by atoms with Crippen LogP contribution in [0.4, 0.5) is 14.5 Å². The van der Waals surface area contributed by atoms with Gasteiger partial charge in [0.1, 0.15) is 11.6 Å². The monoisotopic (exact) mass is 468 g/mol. The van der Waals surface area contributed by atoms with E-state index in [1.165, 1.54) is 29.7 Å². The number of nitrogens with two attached hydrogens (primary N) is 1. The maximum absolute atomic E-state index is 13.7. The summed E-state index contributed by atoms with van der Waals surface area (Å²) in [5.41, 5.74) is 6.26. The lowest BCUT2D eigenvalue weighted by molar-refractivity contribution is -0.137. The van der Waals surface area contributed by atoms with Crippen LogP contribution in [0.3, 0.4) is 0 Å². The summed E-state index contributed by atoms with van der Waals surface area (Å²) in [5.74, 6) is 7.88. The highest BCUT2D eigenvalue weighted by Crippen LogP contribution is 2.21. The molecule has 10 heteroatoms. The zero-order valence-corrected chi connectivity index (χ0v) is 18.3. The normalized spacial score (nSPS) is 12.6. The second-order valence-corrected chi connectivity index (χ2v) is 7.31. The number of rotatable bonds is 6. The fraction of sp³-hybridized carbons (Fsp3) is 0.208. The van der Waals surface area contributed by atoms with E-state index in [1.807, 2.05) is 5.32 Å². The Labute approximate surface area is 194 Å². The number of hydroxylamine groups is 1. The first-order valence-corrected chi connectivity index (χ1v) is 9.86. The molecule has 2 rings (SSSR count). The lowest BCUT2D eigenvalue weighted by Gasteiger charge is -2.36. The van der Waals surface area contributed by atoms with Gasteiger partial charge in [-0.1, -0.05) is 24.0 Å². The van der Waals surface area contributed by atoms with E-state index in [0.717, 1.165) is 13.8 Å². The van der Waals surface area contributed by atoms with Crippen LogP contribution in [0, 0.1) is 23.7 Å². The topological polar surface area (TPSA) is 134 Å². The molecule has 0 saturated carbocycles. The van der Waals surface area contributed by atoms with Crippen LogP contribution < -0.4 is 21.8 Å². The Balaban J connectivity index is 2.19. The average Bonchev–Trinajstić information content (AvgIpc) is 2.80. The number of carbonyl (C=O) groups is 3. The molecule has 0 heterocycles. The summed E-state index contributed by atoms with van der Waals surface area (Å²) in [5, 5.41) is 13.1. The van der Waals surface area contributed by atoms with E-state index in [2.05, 4.69) is 29.0 Å². The number of benzene rings is 2. The van der Waals surface area contributed by atoms with Crippen LogP contribution in [0.15, 0.2) is 48.5 Å². The molecule has 0 bridgehead atoms. The van der Waals surface area contributed by atoms with E-state index in [4.69, 9.17) is 10.9 Å². The fourth-order valence-corrected chi connectivity index (χ4v) is 2.92. The highest BCUT2D eigenvalue weighted by molar-refractivity contribution is 5.98. The van der Waals surface area contributed by atoms with Gasteiger partial charge in [0.25, 0.3) is 18.2 Å². The molecule has 1 unspecified atom stereocenters. The van der Waals surface area contributed by atoms with Crippen molar-refractivity contribution in [3.05, 3.63) is 65.2 Å². The number of anilines is 1. The summed E-state index contributed by atoms with van der Waals surface area (Å²) in [6.45, 7) is 1.86. The molecular weight excluding hydrogens is 446 g/mol. The van der Waals surface area contributed by atoms with Crippen LogP contribution in [-0.2, 0) is 9.59 Å². The van der Waals surface area contributed by atoms with Crippen molar-refractivity contribution in [3.8, 4) is 23.7 Å². The molecule has 2 aromatic rings. The second-order valence-electron chi connectivity index (χ2n) is 7.31. The largest absolute Gasteiger partial charge is 0.398 e. The van der Waals surface area contributed by atoms with Gasteiger partial charge in [-0.3, -0.25) is 19.6 Å². The van der Waals surface area contributed by atoms with E-state index >= 15 is 0 Å². The lowest BCUT2D eigenvalue weighted by Crippen LogP contribution is -2.68. The second kappa shape index (κ2) is 11.5. The van der Waals surface area contributed by atoms with Gasteiger partial charge in [-0.05, 0) is 55.2 Å². The van der Waals surface area contributed by atoms with Gasteiger partial charge in [-0.15, -0.1) is 0 Å². The molecule has 0 aromatic heterocycles. The molecule has 2 aromatic carbocycles. The Bertz CT molecular complexity index is 1190. The molecule has 0 aliphatic heterocycles. The van der Waals surface area contributed by atoms with Crippen molar-refractivity contribution in [2.75, 3.05) is 5.73 Å². The Morgan fingerprint density at radius 2 is 1.65 bits per heavy atom. The highest BCUT2D eigenvalue weighted by Gasteiger charge is 2.48. The van der Waals surface area contributed by atoms with Crippen LogP contribution in [0.1, 0.15) is 35.3 Å². The summed E-state index contributed by atoms with van der Waals surface area (Å²) in [4.78, 5) is 36.0. The van der Waals surface area contributed by atoms with Crippen LogP contribution in [0.2, 0.25) is 0 Å². The van der Waals surface area contributed by atoms with Crippen molar-refractivity contribution < 1.29 is 28.4 Å². The molecular formula is C24H22F2N4O4. The number of halogens is 2. The van der Waals surface area contributed by atoms with Gasteiger partial charge in [0, 0.05) is 29.3 Å². The number of para-hydroxylation sites is 1. The summed E-state index contributed by atoms with van der Waals surface area (Å²) in [6, 6.07) is 10.8. The Morgan fingerprint density at radius 1 is 1.03 bits per heavy atom. The predicted octanol–water partition coefficient (Wildman–Crippen LogP) is 1.44. The van der Waals surface area contributed by atoms with Gasteiger partial charge in [0.05, 0.1) is 0 Å². The van der Waals surface area contributed by atoms with Gasteiger partial charge >= 0.3 is 0 Å². The van der Waals surface area contributed by atoms with Crippen LogP contribution >= 0.6 is 0 Å². The molecule has 0 radical (unpaired) electrons. The first-order valence-electron chi connectivity index (χ1n) is 9.86. The summed E-state index contributed by atoms with van der Waals surface area (Å²) in [7, 11) is 0. The standard InChI is InChI=1S/C24H22F2N4O4/c1-15(31)29-24(2,23(25)26)20(22(33)30-34)28-21(32)18-13-11-16(12-14-18)7-3-4-8-17-9-5-6-10-19(17)27/h5-6,9-14,20,23,34H,27H2,1-2H3,(H,28,32)(H,29,31)(H,30,33)/t20-,24?/m1/s1.